The number of amides is 1. The number of carbonyl (C=O) groups is 1. The largest absolute Gasteiger partial charge is 0.493 e. The van der Waals surface area contributed by atoms with Crippen molar-refractivity contribution in [2.24, 2.45) is 5.92 Å². The standard InChI is InChI=1S/C23H30N2O3/c1-18-8-7-13-25(15-18)16-20-10-4-3-9-19(20)14-24-23(26)17-28-22-12-6-5-11-21(22)27-2/h3-6,9-12,18H,7-8,13-17H2,1-2H3,(H,24,26)/t18-/m0/s1. The van der Waals surface area contributed by atoms with Gasteiger partial charge in [-0.25, -0.2) is 0 Å². The van der Waals surface area contributed by atoms with Gasteiger partial charge >= 0.3 is 0 Å². The molecule has 0 radical (unpaired) electrons. The normalized spacial score (nSPS) is 17.1. The number of hydrogen-bond acceptors (Lipinski definition) is 4. The summed E-state index contributed by atoms with van der Waals surface area (Å²) in [6, 6.07) is 15.7. The number of carbonyl (C=O) groups excluding carboxylic acids is 1. The van der Waals surface area contributed by atoms with Crippen molar-refractivity contribution in [2.45, 2.75) is 32.9 Å². The summed E-state index contributed by atoms with van der Waals surface area (Å²) < 4.78 is 10.8. The van der Waals surface area contributed by atoms with Gasteiger partial charge < -0.3 is 14.8 Å². The molecule has 1 N–H and O–H groups in total. The molecule has 1 amide bonds. The number of para-hydroxylation sites is 2. The average Bonchev–Trinajstić information content (AvgIpc) is 2.72. The number of likely N-dealkylation sites (tertiary alicyclic amines) is 1. The van der Waals surface area contributed by atoms with Gasteiger partial charge in [-0.15, -0.1) is 0 Å². The molecule has 1 heterocycles. The Hall–Kier alpha value is -2.53. The number of benzene rings is 2. The van der Waals surface area contributed by atoms with E-state index in [2.05, 4.69) is 35.3 Å². The van der Waals surface area contributed by atoms with Gasteiger partial charge in [-0.2, -0.15) is 0 Å². The number of methoxy groups -OCH3 is 1. The second-order valence-corrected chi connectivity index (χ2v) is 7.47. The summed E-state index contributed by atoms with van der Waals surface area (Å²) in [6.45, 7) is 6.03. The summed E-state index contributed by atoms with van der Waals surface area (Å²) in [7, 11) is 1.59. The molecule has 0 saturated carbocycles. The number of piperidine rings is 1. The predicted octanol–water partition coefficient (Wildman–Crippen LogP) is 3.62. The zero-order chi connectivity index (χ0) is 19.8. The van der Waals surface area contributed by atoms with Crippen LogP contribution in [-0.4, -0.2) is 37.6 Å². The van der Waals surface area contributed by atoms with E-state index < -0.39 is 0 Å². The third-order valence-electron chi connectivity index (χ3n) is 5.16. The van der Waals surface area contributed by atoms with Gasteiger partial charge in [0.1, 0.15) is 0 Å². The highest BCUT2D eigenvalue weighted by Gasteiger charge is 2.17. The summed E-state index contributed by atoms with van der Waals surface area (Å²) in [5, 5.41) is 2.97. The number of hydrogen-bond donors (Lipinski definition) is 1. The van der Waals surface area contributed by atoms with E-state index in [0.717, 1.165) is 31.1 Å². The van der Waals surface area contributed by atoms with Crippen LogP contribution in [0.1, 0.15) is 30.9 Å². The van der Waals surface area contributed by atoms with E-state index in [9.17, 15) is 4.79 Å². The maximum Gasteiger partial charge on any atom is 0.258 e. The fourth-order valence-corrected chi connectivity index (χ4v) is 3.68. The molecule has 1 atom stereocenters. The lowest BCUT2D eigenvalue weighted by Crippen LogP contribution is -2.34. The molecule has 3 rings (SSSR count). The minimum absolute atomic E-state index is 0.0355. The van der Waals surface area contributed by atoms with Crippen molar-refractivity contribution >= 4 is 5.91 Å². The van der Waals surface area contributed by atoms with Crippen molar-refractivity contribution in [2.75, 3.05) is 26.8 Å². The first-order valence-corrected chi connectivity index (χ1v) is 9.97. The lowest BCUT2D eigenvalue weighted by molar-refractivity contribution is -0.123. The van der Waals surface area contributed by atoms with E-state index in [-0.39, 0.29) is 12.5 Å². The minimum atomic E-state index is -0.146. The molecule has 5 nitrogen and oxygen atoms in total. The van der Waals surface area contributed by atoms with Crippen LogP contribution in [0.25, 0.3) is 0 Å². The fraction of sp³-hybridized carbons (Fsp3) is 0.435. The number of nitrogens with one attached hydrogen (secondary N) is 1. The van der Waals surface area contributed by atoms with Crippen molar-refractivity contribution in [3.63, 3.8) is 0 Å². The molecular weight excluding hydrogens is 352 g/mol. The molecule has 0 spiro atoms. The number of nitrogens with zero attached hydrogens (tertiary/aromatic N) is 1. The number of rotatable bonds is 8. The second-order valence-electron chi connectivity index (χ2n) is 7.47. The Bertz CT molecular complexity index is 778. The Labute approximate surface area is 167 Å². The van der Waals surface area contributed by atoms with E-state index in [0.29, 0.717) is 18.0 Å². The molecule has 1 fully saturated rings. The van der Waals surface area contributed by atoms with Gasteiger partial charge in [-0.05, 0) is 48.6 Å². The van der Waals surface area contributed by atoms with Gasteiger partial charge in [0.2, 0.25) is 0 Å². The molecule has 150 valence electrons. The first-order chi connectivity index (χ1) is 13.7. The highest BCUT2D eigenvalue weighted by molar-refractivity contribution is 5.77. The van der Waals surface area contributed by atoms with Crippen LogP contribution in [0, 0.1) is 5.92 Å². The second kappa shape index (κ2) is 10.1. The Morgan fingerprint density at radius 3 is 2.57 bits per heavy atom. The summed E-state index contributed by atoms with van der Waals surface area (Å²) in [6.07, 6.45) is 2.58. The van der Waals surface area contributed by atoms with E-state index in [4.69, 9.17) is 9.47 Å². The van der Waals surface area contributed by atoms with Gasteiger partial charge in [-0.3, -0.25) is 9.69 Å². The lowest BCUT2D eigenvalue weighted by Gasteiger charge is -2.31. The predicted molar refractivity (Wildman–Crippen MR) is 110 cm³/mol. The maximum atomic E-state index is 12.2. The summed E-state index contributed by atoms with van der Waals surface area (Å²) >= 11 is 0. The average molecular weight is 383 g/mol. The van der Waals surface area contributed by atoms with E-state index in [1.807, 2.05) is 24.3 Å². The van der Waals surface area contributed by atoms with Crippen molar-refractivity contribution in [3.8, 4) is 11.5 Å². The zero-order valence-electron chi connectivity index (χ0n) is 16.8. The van der Waals surface area contributed by atoms with Gasteiger partial charge in [0.25, 0.3) is 5.91 Å². The molecule has 0 aliphatic carbocycles. The van der Waals surface area contributed by atoms with Crippen LogP contribution in [0.15, 0.2) is 48.5 Å². The summed E-state index contributed by atoms with van der Waals surface area (Å²) in [5.74, 6) is 1.80. The van der Waals surface area contributed by atoms with E-state index >= 15 is 0 Å². The van der Waals surface area contributed by atoms with Gasteiger partial charge in [0, 0.05) is 19.6 Å². The monoisotopic (exact) mass is 382 g/mol. The van der Waals surface area contributed by atoms with Crippen LogP contribution in [0.2, 0.25) is 0 Å². The molecule has 1 aliphatic heterocycles. The Morgan fingerprint density at radius 2 is 1.82 bits per heavy atom. The third-order valence-corrected chi connectivity index (χ3v) is 5.16. The zero-order valence-corrected chi connectivity index (χ0v) is 16.8. The molecular formula is C23H30N2O3. The quantitative estimate of drug-likeness (QED) is 0.758. The topological polar surface area (TPSA) is 50.8 Å². The summed E-state index contributed by atoms with van der Waals surface area (Å²) in [4.78, 5) is 14.8. The van der Waals surface area contributed by atoms with Gasteiger partial charge in [0.05, 0.1) is 7.11 Å². The SMILES string of the molecule is COc1ccccc1OCC(=O)NCc1ccccc1CN1CCC[C@H](C)C1. The molecule has 2 aromatic carbocycles. The molecule has 0 aromatic heterocycles. The molecule has 5 heteroatoms. The Kier molecular flexibility index (Phi) is 7.31. The maximum absolute atomic E-state index is 12.2. The summed E-state index contributed by atoms with van der Waals surface area (Å²) in [5.41, 5.74) is 2.44. The minimum Gasteiger partial charge on any atom is -0.493 e. The molecule has 1 aliphatic rings. The van der Waals surface area contributed by atoms with Crippen LogP contribution in [0.4, 0.5) is 0 Å². The molecule has 1 saturated heterocycles. The van der Waals surface area contributed by atoms with Crippen molar-refractivity contribution in [3.05, 3.63) is 59.7 Å². The molecule has 2 aromatic rings. The van der Waals surface area contributed by atoms with Crippen molar-refractivity contribution in [1.29, 1.82) is 0 Å². The molecule has 0 bridgehead atoms. The van der Waals surface area contributed by atoms with Gasteiger partial charge in [-0.1, -0.05) is 43.3 Å². The van der Waals surface area contributed by atoms with Crippen LogP contribution >= 0.6 is 0 Å². The van der Waals surface area contributed by atoms with Crippen LogP contribution in [-0.2, 0) is 17.9 Å². The van der Waals surface area contributed by atoms with Crippen molar-refractivity contribution < 1.29 is 14.3 Å². The third kappa shape index (κ3) is 5.73. The van der Waals surface area contributed by atoms with Crippen LogP contribution in [0.3, 0.4) is 0 Å². The van der Waals surface area contributed by atoms with Crippen molar-refractivity contribution in [1.82, 2.24) is 10.2 Å². The van der Waals surface area contributed by atoms with Gasteiger partial charge in [0.15, 0.2) is 18.1 Å². The highest BCUT2D eigenvalue weighted by atomic mass is 16.5. The highest BCUT2D eigenvalue weighted by Crippen LogP contribution is 2.25. The molecule has 28 heavy (non-hydrogen) atoms. The van der Waals surface area contributed by atoms with E-state index in [1.54, 1.807) is 13.2 Å². The first kappa shape index (κ1) is 20.2. The van der Waals surface area contributed by atoms with E-state index in [1.165, 1.54) is 18.4 Å². The number of ether oxygens (including phenoxy) is 2. The fourth-order valence-electron chi connectivity index (χ4n) is 3.68. The van der Waals surface area contributed by atoms with Crippen LogP contribution < -0.4 is 14.8 Å². The lowest BCUT2D eigenvalue weighted by atomic mass is 9.99. The molecule has 0 unspecified atom stereocenters. The smallest absolute Gasteiger partial charge is 0.258 e. The Morgan fingerprint density at radius 1 is 1.11 bits per heavy atom. The van der Waals surface area contributed by atoms with Crippen LogP contribution in [0.5, 0.6) is 11.5 Å². The Balaban J connectivity index is 1.52. The first-order valence-electron chi connectivity index (χ1n) is 9.97.